The van der Waals surface area contributed by atoms with Crippen molar-refractivity contribution in [3.05, 3.63) is 59.0 Å². The van der Waals surface area contributed by atoms with Crippen LogP contribution < -0.4 is 0 Å². The second-order valence-electron chi connectivity index (χ2n) is 5.55. The molecule has 21 heavy (non-hydrogen) atoms. The van der Waals surface area contributed by atoms with Crippen LogP contribution in [0.15, 0.2) is 40.8 Å². The number of hydrogen-bond acceptors (Lipinski definition) is 2. The van der Waals surface area contributed by atoms with Crippen LogP contribution in [0.1, 0.15) is 48.0 Å². The molecule has 0 radical (unpaired) electrons. The summed E-state index contributed by atoms with van der Waals surface area (Å²) in [6.07, 6.45) is -4.90. The van der Waals surface area contributed by atoms with Crippen molar-refractivity contribution in [3.63, 3.8) is 0 Å². The lowest BCUT2D eigenvalue weighted by molar-refractivity contribution is -0.139. The molecule has 0 bridgehead atoms. The molecule has 1 aromatic heterocycles. The number of halogens is 3. The van der Waals surface area contributed by atoms with E-state index in [2.05, 4.69) is 6.92 Å². The fraction of sp³-hybridized carbons (Fsp3) is 0.375. The zero-order valence-corrected chi connectivity index (χ0v) is 11.4. The Bertz CT molecular complexity index is 645. The van der Waals surface area contributed by atoms with Gasteiger partial charge in [-0.1, -0.05) is 25.1 Å². The third-order valence-corrected chi connectivity index (χ3v) is 3.95. The molecule has 3 unspecified atom stereocenters. The molecule has 1 fully saturated rings. The number of benzene rings is 1. The van der Waals surface area contributed by atoms with E-state index in [9.17, 15) is 18.3 Å². The van der Waals surface area contributed by atoms with E-state index in [0.29, 0.717) is 11.8 Å². The minimum absolute atomic E-state index is 0.154. The van der Waals surface area contributed by atoms with Gasteiger partial charge in [-0.15, -0.1) is 0 Å². The molecular weight excluding hydrogens is 281 g/mol. The van der Waals surface area contributed by atoms with Gasteiger partial charge < -0.3 is 9.52 Å². The molecule has 0 saturated heterocycles. The quantitative estimate of drug-likeness (QED) is 0.904. The monoisotopic (exact) mass is 296 g/mol. The first-order chi connectivity index (χ1) is 9.88. The third-order valence-electron chi connectivity index (χ3n) is 3.95. The van der Waals surface area contributed by atoms with Gasteiger partial charge in [-0.25, -0.2) is 0 Å². The minimum atomic E-state index is -4.50. The lowest BCUT2D eigenvalue weighted by atomic mass is 10.0. The van der Waals surface area contributed by atoms with Gasteiger partial charge in [-0.2, -0.15) is 13.2 Å². The summed E-state index contributed by atoms with van der Waals surface area (Å²) in [7, 11) is 0. The highest BCUT2D eigenvalue weighted by Gasteiger charge is 2.38. The highest BCUT2D eigenvalue weighted by molar-refractivity contribution is 5.35. The van der Waals surface area contributed by atoms with Crippen LogP contribution in [0.25, 0.3) is 0 Å². The van der Waals surface area contributed by atoms with E-state index in [4.69, 9.17) is 4.42 Å². The number of aliphatic hydroxyl groups is 1. The van der Waals surface area contributed by atoms with E-state index in [0.717, 1.165) is 18.2 Å². The second-order valence-corrected chi connectivity index (χ2v) is 5.55. The Hall–Kier alpha value is -1.75. The molecule has 112 valence electrons. The lowest BCUT2D eigenvalue weighted by Gasteiger charge is -2.15. The first-order valence-corrected chi connectivity index (χ1v) is 6.81. The molecular formula is C16H15F3O2. The summed E-state index contributed by atoms with van der Waals surface area (Å²) in [5.74, 6) is 1.74. The van der Waals surface area contributed by atoms with Crippen LogP contribution in [0.5, 0.6) is 0 Å². The fourth-order valence-electron chi connectivity index (χ4n) is 2.58. The second kappa shape index (κ2) is 4.91. The van der Waals surface area contributed by atoms with Gasteiger partial charge in [0, 0.05) is 11.5 Å². The first-order valence-electron chi connectivity index (χ1n) is 6.81. The predicted molar refractivity (Wildman–Crippen MR) is 70.7 cm³/mol. The normalized spacial score (nSPS) is 23.1. The predicted octanol–water partition coefficient (Wildman–Crippen LogP) is 4.50. The Labute approximate surface area is 120 Å². The van der Waals surface area contributed by atoms with Crippen LogP contribution in [0.3, 0.4) is 0 Å². The van der Waals surface area contributed by atoms with E-state index in [1.807, 2.05) is 0 Å². The average Bonchev–Trinajstić information content (AvgIpc) is 2.98. The Morgan fingerprint density at radius 1 is 1.19 bits per heavy atom. The molecule has 3 atom stereocenters. The van der Waals surface area contributed by atoms with Gasteiger partial charge >= 0.3 is 6.18 Å². The van der Waals surface area contributed by atoms with E-state index in [1.54, 1.807) is 12.1 Å². The van der Waals surface area contributed by atoms with Crippen LogP contribution >= 0.6 is 0 Å². The van der Waals surface area contributed by atoms with Crippen molar-refractivity contribution in [2.24, 2.45) is 5.92 Å². The van der Waals surface area contributed by atoms with Gasteiger partial charge in [0.2, 0.25) is 0 Å². The summed E-state index contributed by atoms with van der Waals surface area (Å²) in [5.41, 5.74) is -1.02. The molecule has 0 spiro atoms. The van der Waals surface area contributed by atoms with Gasteiger partial charge in [0.1, 0.15) is 17.6 Å². The SMILES string of the molecule is CC1CC1c1ccc(C(O)c2ccccc2C(F)(F)F)o1. The summed E-state index contributed by atoms with van der Waals surface area (Å²) < 4.78 is 44.5. The van der Waals surface area contributed by atoms with E-state index in [1.165, 1.54) is 18.2 Å². The van der Waals surface area contributed by atoms with Crippen LogP contribution in [-0.4, -0.2) is 5.11 Å². The zero-order chi connectivity index (χ0) is 15.2. The number of rotatable bonds is 3. The van der Waals surface area contributed by atoms with Crippen LogP contribution in [0.4, 0.5) is 13.2 Å². The smallest absolute Gasteiger partial charge is 0.416 e. The highest BCUT2D eigenvalue weighted by Crippen LogP contribution is 2.48. The molecule has 0 aliphatic heterocycles. The average molecular weight is 296 g/mol. The van der Waals surface area contributed by atoms with Gasteiger partial charge in [0.25, 0.3) is 0 Å². The standard InChI is InChI=1S/C16H15F3O2/c1-9-8-11(9)13-6-7-14(21-13)15(20)10-4-2-3-5-12(10)16(17,18)19/h2-7,9,11,15,20H,8H2,1H3. The Morgan fingerprint density at radius 3 is 2.48 bits per heavy atom. The molecule has 1 aromatic carbocycles. The van der Waals surface area contributed by atoms with Crippen LogP contribution in [0, 0.1) is 5.92 Å². The largest absolute Gasteiger partial charge is 0.463 e. The van der Waals surface area contributed by atoms with Crippen molar-refractivity contribution in [1.29, 1.82) is 0 Å². The minimum Gasteiger partial charge on any atom is -0.463 e. The summed E-state index contributed by atoms with van der Waals surface area (Å²) in [5, 5.41) is 10.2. The third kappa shape index (κ3) is 2.70. The number of aliphatic hydroxyl groups excluding tert-OH is 1. The molecule has 1 heterocycles. The van der Waals surface area contributed by atoms with Gasteiger partial charge in [-0.3, -0.25) is 0 Å². The van der Waals surface area contributed by atoms with Crippen molar-refractivity contribution in [3.8, 4) is 0 Å². The highest BCUT2D eigenvalue weighted by atomic mass is 19.4. The fourth-order valence-corrected chi connectivity index (χ4v) is 2.58. The number of furan rings is 1. The molecule has 2 aromatic rings. The lowest BCUT2D eigenvalue weighted by Crippen LogP contribution is -2.12. The maximum atomic E-state index is 13.0. The van der Waals surface area contributed by atoms with Gasteiger partial charge in [0.15, 0.2) is 0 Å². The maximum absolute atomic E-state index is 13.0. The summed E-state index contributed by atoms with van der Waals surface area (Å²) >= 11 is 0. The van der Waals surface area contributed by atoms with Crippen LogP contribution in [-0.2, 0) is 6.18 Å². The van der Waals surface area contributed by atoms with E-state index >= 15 is 0 Å². The van der Waals surface area contributed by atoms with Crippen molar-refractivity contribution in [2.45, 2.75) is 31.5 Å². The Kier molecular flexibility index (Phi) is 3.32. The molecule has 5 heteroatoms. The van der Waals surface area contributed by atoms with E-state index in [-0.39, 0.29) is 11.3 Å². The molecule has 3 rings (SSSR count). The van der Waals surface area contributed by atoms with E-state index < -0.39 is 17.8 Å². The van der Waals surface area contributed by atoms with Crippen LogP contribution in [0.2, 0.25) is 0 Å². The summed E-state index contributed by atoms with van der Waals surface area (Å²) in [6, 6.07) is 8.31. The Morgan fingerprint density at radius 2 is 1.86 bits per heavy atom. The van der Waals surface area contributed by atoms with Gasteiger partial charge in [0.05, 0.1) is 5.56 Å². The van der Waals surface area contributed by atoms with Crippen molar-refractivity contribution < 1.29 is 22.7 Å². The molecule has 1 aliphatic rings. The number of hydrogen-bond donors (Lipinski definition) is 1. The number of alkyl halides is 3. The van der Waals surface area contributed by atoms with Crippen molar-refractivity contribution in [2.75, 3.05) is 0 Å². The zero-order valence-electron chi connectivity index (χ0n) is 11.4. The molecule has 1 aliphatic carbocycles. The Balaban J connectivity index is 1.92. The molecule has 1 saturated carbocycles. The molecule has 0 amide bonds. The van der Waals surface area contributed by atoms with Crippen molar-refractivity contribution >= 4 is 0 Å². The summed E-state index contributed by atoms with van der Waals surface area (Å²) in [6.45, 7) is 2.09. The molecule has 2 nitrogen and oxygen atoms in total. The summed E-state index contributed by atoms with van der Waals surface area (Å²) in [4.78, 5) is 0. The van der Waals surface area contributed by atoms with Crippen molar-refractivity contribution in [1.82, 2.24) is 0 Å². The topological polar surface area (TPSA) is 33.4 Å². The first kappa shape index (κ1) is 14.2. The molecule has 1 N–H and O–H groups in total. The van der Waals surface area contributed by atoms with Gasteiger partial charge in [-0.05, 0) is 30.5 Å². The maximum Gasteiger partial charge on any atom is 0.416 e.